The van der Waals surface area contributed by atoms with Gasteiger partial charge in [-0.15, -0.1) is 12.4 Å². The van der Waals surface area contributed by atoms with Crippen LogP contribution in [0.4, 0.5) is 0 Å². The number of H-pyrrole nitrogens is 1. The largest absolute Gasteiger partial charge is 0.508 e. The lowest BCUT2D eigenvalue weighted by Gasteiger charge is -2.14. The van der Waals surface area contributed by atoms with Gasteiger partial charge < -0.3 is 15.4 Å². The van der Waals surface area contributed by atoms with Crippen LogP contribution in [0.25, 0.3) is 11.0 Å². The minimum Gasteiger partial charge on any atom is -0.508 e. The van der Waals surface area contributed by atoms with Crippen molar-refractivity contribution in [3.05, 3.63) is 62.5 Å². The number of phenolic OH excluding ortho intramolecular Hbond substituents is 1. The Bertz CT molecular complexity index is 1140. The molecule has 3 aromatic rings. The van der Waals surface area contributed by atoms with Crippen molar-refractivity contribution >= 4 is 40.8 Å². The van der Waals surface area contributed by atoms with Crippen molar-refractivity contribution in [2.75, 3.05) is 13.1 Å². The summed E-state index contributed by atoms with van der Waals surface area (Å²) in [6, 6.07) is 8.89. The number of ketones is 1. The third kappa shape index (κ3) is 5.14. The number of carbonyl (C=O) groups excluding carboxylic acids is 1. The molecule has 0 unspecified atom stereocenters. The number of benzene rings is 2. The maximum atomic E-state index is 12.7. The first-order valence-electron chi connectivity index (χ1n) is 10.5. The van der Waals surface area contributed by atoms with Gasteiger partial charge in [0.25, 0.3) is 0 Å². The summed E-state index contributed by atoms with van der Waals surface area (Å²) in [7, 11) is 0. The Labute approximate surface area is 192 Å². The van der Waals surface area contributed by atoms with Crippen molar-refractivity contribution in [1.82, 2.24) is 14.9 Å². The van der Waals surface area contributed by atoms with Gasteiger partial charge in [-0.25, -0.2) is 4.79 Å². The van der Waals surface area contributed by atoms with E-state index in [1.165, 1.54) is 0 Å². The van der Waals surface area contributed by atoms with Crippen LogP contribution >= 0.6 is 24.0 Å². The van der Waals surface area contributed by atoms with Crippen LogP contribution in [0.15, 0.2) is 35.1 Å². The van der Waals surface area contributed by atoms with Gasteiger partial charge in [0.05, 0.1) is 11.0 Å². The molecule has 166 valence electrons. The highest BCUT2D eigenvalue weighted by Crippen LogP contribution is 2.26. The van der Waals surface area contributed by atoms with Crippen molar-refractivity contribution in [1.29, 1.82) is 0 Å². The summed E-state index contributed by atoms with van der Waals surface area (Å²) < 4.78 is 1.76. The first-order valence-corrected chi connectivity index (χ1v) is 10.9. The number of Topliss-reactive ketones (excluding diaryl/α,β-unsaturated/α-hetero) is 1. The Morgan fingerprint density at radius 3 is 2.84 bits per heavy atom. The zero-order chi connectivity index (χ0) is 21.1. The van der Waals surface area contributed by atoms with Crippen LogP contribution in [0, 0.1) is 0 Å². The zero-order valence-electron chi connectivity index (χ0n) is 17.2. The van der Waals surface area contributed by atoms with Crippen LogP contribution in [0.1, 0.15) is 47.2 Å². The fourth-order valence-electron chi connectivity index (χ4n) is 4.18. The number of nitrogens with zero attached hydrogens (tertiary/aromatic N) is 1. The monoisotopic (exact) mass is 463 g/mol. The van der Waals surface area contributed by atoms with E-state index >= 15 is 0 Å². The molecule has 0 saturated carbocycles. The third-order valence-corrected chi connectivity index (χ3v) is 6.10. The number of unbranched alkanes of at least 4 members (excludes halogenated alkanes) is 1. The summed E-state index contributed by atoms with van der Waals surface area (Å²) in [4.78, 5) is 27.8. The maximum absolute atomic E-state index is 12.7. The van der Waals surface area contributed by atoms with E-state index in [4.69, 9.17) is 11.6 Å². The first kappa shape index (κ1) is 23.4. The van der Waals surface area contributed by atoms with Crippen molar-refractivity contribution in [3.63, 3.8) is 0 Å². The highest BCUT2D eigenvalue weighted by Gasteiger charge is 2.20. The normalized spacial score (nSPS) is 12.7. The molecule has 4 rings (SSSR count). The van der Waals surface area contributed by atoms with E-state index in [-0.39, 0.29) is 29.6 Å². The average molecular weight is 464 g/mol. The van der Waals surface area contributed by atoms with E-state index in [9.17, 15) is 14.7 Å². The van der Waals surface area contributed by atoms with Gasteiger partial charge >= 0.3 is 5.69 Å². The summed E-state index contributed by atoms with van der Waals surface area (Å²) in [5.74, 6) is 0.252. The van der Waals surface area contributed by atoms with Crippen LogP contribution in [-0.4, -0.2) is 33.5 Å². The summed E-state index contributed by atoms with van der Waals surface area (Å²) in [5.41, 5.74) is 4.26. The number of hydrogen-bond acceptors (Lipinski definition) is 4. The number of nitrogens with one attached hydrogen (secondary N) is 2. The molecule has 0 amide bonds. The molecule has 0 fully saturated rings. The molecule has 1 aromatic heterocycles. The van der Waals surface area contributed by atoms with Gasteiger partial charge in [0.15, 0.2) is 5.78 Å². The molecule has 0 saturated heterocycles. The Morgan fingerprint density at radius 1 is 1.19 bits per heavy atom. The number of imidazole rings is 1. The molecule has 0 radical (unpaired) electrons. The van der Waals surface area contributed by atoms with E-state index < -0.39 is 0 Å². The fraction of sp³-hybridized carbons (Fsp3) is 0.391. The number of carbonyl (C=O) groups is 1. The lowest BCUT2D eigenvalue weighted by atomic mass is 9.98. The van der Waals surface area contributed by atoms with Crippen LogP contribution in [0.3, 0.4) is 0 Å². The second-order valence-corrected chi connectivity index (χ2v) is 8.24. The number of aromatic hydroxyl groups is 1. The smallest absolute Gasteiger partial charge is 0.326 e. The number of aryl methyl sites for hydroxylation is 2. The van der Waals surface area contributed by atoms with Crippen LogP contribution < -0.4 is 11.0 Å². The highest BCUT2D eigenvalue weighted by atomic mass is 35.5. The predicted octanol–water partition coefficient (Wildman–Crippen LogP) is 4.24. The topological polar surface area (TPSA) is 87.1 Å². The van der Waals surface area contributed by atoms with E-state index in [1.807, 2.05) is 18.2 Å². The van der Waals surface area contributed by atoms with Crippen LogP contribution in [-0.2, 0) is 19.4 Å². The van der Waals surface area contributed by atoms with Crippen LogP contribution in [0.5, 0.6) is 5.75 Å². The van der Waals surface area contributed by atoms with Crippen molar-refractivity contribution in [3.8, 4) is 5.75 Å². The third-order valence-electron chi connectivity index (χ3n) is 5.75. The molecule has 0 aliphatic carbocycles. The molecular formula is C23H27Cl2N3O3. The predicted molar refractivity (Wildman–Crippen MR) is 126 cm³/mol. The molecule has 8 heteroatoms. The fourth-order valence-corrected chi connectivity index (χ4v) is 4.45. The minimum absolute atomic E-state index is 0. The van der Waals surface area contributed by atoms with Gasteiger partial charge in [0, 0.05) is 23.6 Å². The second-order valence-electron chi connectivity index (χ2n) is 7.84. The van der Waals surface area contributed by atoms with Crippen molar-refractivity contribution < 1.29 is 9.90 Å². The zero-order valence-corrected chi connectivity index (χ0v) is 18.8. The molecule has 2 heterocycles. The first-order chi connectivity index (χ1) is 14.5. The lowest BCUT2D eigenvalue weighted by Crippen LogP contribution is -2.20. The Balaban J connectivity index is 0.00000272. The van der Waals surface area contributed by atoms with Gasteiger partial charge in [-0.1, -0.05) is 23.7 Å². The van der Waals surface area contributed by atoms with Crippen LogP contribution in [0.2, 0.25) is 5.02 Å². The number of halogens is 2. The van der Waals surface area contributed by atoms with Crippen molar-refractivity contribution in [2.45, 2.75) is 45.1 Å². The minimum atomic E-state index is -0.121. The molecule has 0 atom stereocenters. The van der Waals surface area contributed by atoms with Crippen molar-refractivity contribution in [2.24, 2.45) is 0 Å². The molecule has 31 heavy (non-hydrogen) atoms. The Hall–Kier alpha value is -2.28. The molecule has 1 aliphatic rings. The molecular weight excluding hydrogens is 437 g/mol. The van der Waals surface area contributed by atoms with E-state index in [0.717, 1.165) is 61.8 Å². The van der Waals surface area contributed by atoms with Gasteiger partial charge in [0.1, 0.15) is 5.75 Å². The number of rotatable bonds is 9. The maximum Gasteiger partial charge on any atom is 0.326 e. The summed E-state index contributed by atoms with van der Waals surface area (Å²) in [6.45, 7) is 2.32. The molecule has 0 bridgehead atoms. The summed E-state index contributed by atoms with van der Waals surface area (Å²) >= 11 is 6.11. The second kappa shape index (κ2) is 10.4. The quantitative estimate of drug-likeness (QED) is 0.327. The summed E-state index contributed by atoms with van der Waals surface area (Å²) in [6.07, 6.45) is 4.84. The van der Waals surface area contributed by atoms with E-state index in [2.05, 4.69) is 10.3 Å². The average Bonchev–Trinajstić information content (AvgIpc) is 3.07. The SMILES string of the molecule is Cl.O=C(CCCCNCCc1ccc(O)cc1Cl)c1ccc2c3c1[nH]c(=O)n3CCC2. The number of phenols is 1. The molecule has 1 aliphatic heterocycles. The molecule has 6 nitrogen and oxygen atoms in total. The highest BCUT2D eigenvalue weighted by molar-refractivity contribution is 6.31. The number of aromatic amines is 1. The Kier molecular flexibility index (Phi) is 7.81. The van der Waals surface area contributed by atoms with Gasteiger partial charge in [0.2, 0.25) is 0 Å². The molecule has 2 aromatic carbocycles. The van der Waals surface area contributed by atoms with Gasteiger partial charge in [-0.2, -0.15) is 0 Å². The molecule has 0 spiro atoms. The number of hydrogen-bond donors (Lipinski definition) is 3. The lowest BCUT2D eigenvalue weighted by molar-refractivity contribution is 0.0981. The standard InChI is InChI=1S/C23H26ClN3O3.ClH/c24-19-14-17(28)8-6-15(19)10-12-25-11-2-1-5-20(29)18-9-7-16-4-3-13-27-22(16)21(18)26-23(27)30;/h6-9,14,25,28H,1-5,10-13H2,(H,26,30);1H. The van der Waals surface area contributed by atoms with E-state index in [1.54, 1.807) is 16.7 Å². The van der Waals surface area contributed by atoms with Gasteiger partial charge in [-0.05, 0) is 74.5 Å². The Morgan fingerprint density at radius 2 is 2.03 bits per heavy atom. The van der Waals surface area contributed by atoms with E-state index in [0.29, 0.717) is 29.1 Å². The molecule has 3 N–H and O–H groups in total. The van der Waals surface area contributed by atoms with Gasteiger partial charge in [-0.3, -0.25) is 9.36 Å². The number of aromatic nitrogens is 2. The summed E-state index contributed by atoms with van der Waals surface area (Å²) in [5, 5.41) is 13.3.